The van der Waals surface area contributed by atoms with E-state index in [0.717, 1.165) is 5.56 Å². The van der Waals surface area contributed by atoms with Crippen molar-refractivity contribution >= 4 is 23.6 Å². The fourth-order valence-electron chi connectivity index (χ4n) is 3.91. The molecule has 0 bridgehead atoms. The number of methoxy groups -OCH3 is 1. The van der Waals surface area contributed by atoms with Crippen molar-refractivity contribution in [2.75, 3.05) is 19.0 Å². The Labute approximate surface area is 226 Å². The van der Waals surface area contributed by atoms with Gasteiger partial charge in [-0.2, -0.15) is 0 Å². The number of aryl methyl sites for hydroxylation is 1. The van der Waals surface area contributed by atoms with E-state index in [2.05, 4.69) is 17.2 Å². The van der Waals surface area contributed by atoms with Gasteiger partial charge in [0, 0.05) is 12.2 Å². The first-order valence-electron chi connectivity index (χ1n) is 12.8. The molecule has 2 atom stereocenters. The number of ether oxygens (including phenoxy) is 2. The molecule has 0 radical (unpaired) electrons. The molecule has 2 unspecified atom stereocenters. The molecule has 2 aromatic rings. The Hall–Kier alpha value is -3.81. The van der Waals surface area contributed by atoms with Crippen molar-refractivity contribution in [2.45, 2.75) is 65.6 Å². The van der Waals surface area contributed by atoms with Gasteiger partial charge in [0.1, 0.15) is 23.4 Å². The predicted octanol–water partition coefficient (Wildman–Crippen LogP) is 5.64. The van der Waals surface area contributed by atoms with Crippen molar-refractivity contribution < 1.29 is 23.9 Å². The van der Waals surface area contributed by atoms with Gasteiger partial charge in [-0.15, -0.1) is 6.58 Å². The largest absolute Gasteiger partial charge is 0.497 e. The molecule has 0 aliphatic carbocycles. The SMILES string of the molecule is C=CCN(C(=O)C(CC(C)C)NC(=O)OC(C)(C)C)C(C(=O)Nc1ccc(OC)cc1)c1ccc(C)cc1. The van der Waals surface area contributed by atoms with E-state index < -0.39 is 35.6 Å². The maximum absolute atomic E-state index is 14.0. The van der Waals surface area contributed by atoms with Crippen LogP contribution in [0.2, 0.25) is 0 Å². The Morgan fingerprint density at radius 2 is 1.63 bits per heavy atom. The van der Waals surface area contributed by atoms with Crippen LogP contribution in [-0.4, -0.2) is 48.1 Å². The third-order valence-electron chi connectivity index (χ3n) is 5.62. The minimum absolute atomic E-state index is 0.0930. The zero-order valence-corrected chi connectivity index (χ0v) is 23.5. The summed E-state index contributed by atoms with van der Waals surface area (Å²) in [5.41, 5.74) is 1.50. The predicted molar refractivity (Wildman–Crippen MR) is 150 cm³/mol. The summed E-state index contributed by atoms with van der Waals surface area (Å²) in [6.45, 7) is 15.1. The molecule has 0 aliphatic heterocycles. The van der Waals surface area contributed by atoms with Gasteiger partial charge in [-0.25, -0.2) is 4.79 Å². The van der Waals surface area contributed by atoms with Crippen molar-refractivity contribution in [3.63, 3.8) is 0 Å². The van der Waals surface area contributed by atoms with Gasteiger partial charge in [0.2, 0.25) is 5.91 Å². The molecule has 3 amide bonds. The monoisotopic (exact) mass is 523 g/mol. The van der Waals surface area contributed by atoms with Gasteiger partial charge < -0.3 is 25.0 Å². The lowest BCUT2D eigenvalue weighted by molar-refractivity contribution is -0.140. The highest BCUT2D eigenvalue weighted by molar-refractivity contribution is 5.99. The highest BCUT2D eigenvalue weighted by atomic mass is 16.6. The summed E-state index contributed by atoms with van der Waals surface area (Å²) in [7, 11) is 1.57. The van der Waals surface area contributed by atoms with E-state index in [1.165, 1.54) is 4.90 Å². The molecule has 38 heavy (non-hydrogen) atoms. The summed E-state index contributed by atoms with van der Waals surface area (Å²) in [5, 5.41) is 5.65. The third-order valence-corrected chi connectivity index (χ3v) is 5.62. The van der Waals surface area contributed by atoms with Gasteiger partial charge in [-0.3, -0.25) is 9.59 Å². The first kappa shape index (κ1) is 30.4. The second-order valence-corrected chi connectivity index (χ2v) is 10.6. The minimum Gasteiger partial charge on any atom is -0.497 e. The Morgan fingerprint density at radius 3 is 2.13 bits per heavy atom. The molecular formula is C30H41N3O5. The average molecular weight is 524 g/mol. The van der Waals surface area contributed by atoms with Gasteiger partial charge in [-0.05, 0) is 69.9 Å². The first-order chi connectivity index (χ1) is 17.8. The zero-order chi connectivity index (χ0) is 28.5. The lowest BCUT2D eigenvalue weighted by Gasteiger charge is -2.34. The summed E-state index contributed by atoms with van der Waals surface area (Å²) in [6.07, 6.45) is 1.25. The number of benzene rings is 2. The quantitative estimate of drug-likeness (QED) is 0.372. The molecule has 0 spiro atoms. The normalized spacial score (nSPS) is 12.7. The third kappa shape index (κ3) is 9.25. The van der Waals surface area contributed by atoms with Gasteiger partial charge in [0.15, 0.2) is 0 Å². The summed E-state index contributed by atoms with van der Waals surface area (Å²) < 4.78 is 10.6. The van der Waals surface area contributed by atoms with Gasteiger partial charge >= 0.3 is 6.09 Å². The van der Waals surface area contributed by atoms with Crippen LogP contribution in [0.1, 0.15) is 58.2 Å². The van der Waals surface area contributed by atoms with Crippen molar-refractivity contribution in [1.29, 1.82) is 0 Å². The van der Waals surface area contributed by atoms with Crippen LogP contribution in [0.25, 0.3) is 0 Å². The van der Waals surface area contributed by atoms with E-state index in [1.807, 2.05) is 45.0 Å². The van der Waals surface area contributed by atoms with Crippen LogP contribution in [0.5, 0.6) is 5.75 Å². The van der Waals surface area contributed by atoms with Crippen LogP contribution in [-0.2, 0) is 14.3 Å². The molecule has 2 aromatic carbocycles. The first-order valence-corrected chi connectivity index (χ1v) is 12.8. The van der Waals surface area contributed by atoms with E-state index in [0.29, 0.717) is 23.4 Å². The molecule has 206 valence electrons. The fourth-order valence-corrected chi connectivity index (χ4v) is 3.91. The number of alkyl carbamates (subject to hydrolysis) is 1. The van der Waals surface area contributed by atoms with Gasteiger partial charge in [-0.1, -0.05) is 49.8 Å². The summed E-state index contributed by atoms with van der Waals surface area (Å²) >= 11 is 0. The average Bonchev–Trinajstić information content (AvgIpc) is 2.83. The number of nitrogens with one attached hydrogen (secondary N) is 2. The fraction of sp³-hybridized carbons (Fsp3) is 0.433. The van der Waals surface area contributed by atoms with E-state index in [-0.39, 0.29) is 12.5 Å². The second kappa shape index (κ2) is 13.7. The number of hydrogen-bond donors (Lipinski definition) is 2. The van der Waals surface area contributed by atoms with E-state index in [9.17, 15) is 14.4 Å². The second-order valence-electron chi connectivity index (χ2n) is 10.6. The van der Waals surface area contributed by atoms with Gasteiger partial charge in [0.05, 0.1) is 7.11 Å². The molecule has 0 fully saturated rings. The highest BCUT2D eigenvalue weighted by Gasteiger charge is 2.36. The van der Waals surface area contributed by atoms with Crippen molar-refractivity contribution in [3.8, 4) is 5.75 Å². The summed E-state index contributed by atoms with van der Waals surface area (Å²) in [6, 6.07) is 12.5. The van der Waals surface area contributed by atoms with Crippen molar-refractivity contribution in [1.82, 2.24) is 10.2 Å². The Kier molecular flexibility index (Phi) is 10.9. The minimum atomic E-state index is -0.974. The van der Waals surface area contributed by atoms with Crippen LogP contribution in [0.4, 0.5) is 10.5 Å². The Morgan fingerprint density at radius 1 is 1.03 bits per heavy atom. The lowest BCUT2D eigenvalue weighted by atomic mass is 9.98. The number of anilines is 1. The Balaban J connectivity index is 2.47. The maximum atomic E-state index is 14.0. The molecule has 8 heteroatoms. The molecular weight excluding hydrogens is 482 g/mol. The number of rotatable bonds is 11. The van der Waals surface area contributed by atoms with Crippen molar-refractivity contribution in [2.24, 2.45) is 5.92 Å². The van der Waals surface area contributed by atoms with Crippen LogP contribution in [0, 0.1) is 12.8 Å². The number of hydrogen-bond acceptors (Lipinski definition) is 5. The lowest BCUT2D eigenvalue weighted by Crippen LogP contribution is -2.52. The molecule has 0 heterocycles. The zero-order valence-electron chi connectivity index (χ0n) is 23.5. The summed E-state index contributed by atoms with van der Waals surface area (Å²) in [4.78, 5) is 41.8. The van der Waals surface area contributed by atoms with Crippen molar-refractivity contribution in [3.05, 3.63) is 72.3 Å². The molecule has 0 saturated heterocycles. The standard InChI is InChI=1S/C30H41N3O5/c1-9-18-33(28(35)25(19-20(2)3)32-29(36)38-30(5,6)7)26(22-12-10-21(4)11-13-22)27(34)31-23-14-16-24(37-8)17-15-23/h9-17,20,25-26H,1,18-19H2,2-8H3,(H,31,34)(H,32,36). The number of amides is 3. The molecule has 0 saturated carbocycles. The van der Waals surface area contributed by atoms with Crippen LogP contribution < -0.4 is 15.4 Å². The molecule has 0 aromatic heterocycles. The van der Waals surface area contributed by atoms with E-state index in [4.69, 9.17) is 9.47 Å². The topological polar surface area (TPSA) is 97.0 Å². The van der Waals surface area contributed by atoms with Crippen LogP contribution in [0.3, 0.4) is 0 Å². The smallest absolute Gasteiger partial charge is 0.408 e. The molecule has 2 rings (SSSR count). The molecule has 2 N–H and O–H groups in total. The van der Waals surface area contributed by atoms with Crippen LogP contribution >= 0.6 is 0 Å². The van der Waals surface area contributed by atoms with E-state index >= 15 is 0 Å². The number of carbonyl (C=O) groups is 3. The highest BCUT2D eigenvalue weighted by Crippen LogP contribution is 2.26. The molecule has 0 aliphatic rings. The van der Waals surface area contributed by atoms with Gasteiger partial charge in [0.25, 0.3) is 5.91 Å². The number of nitrogens with zero attached hydrogens (tertiary/aromatic N) is 1. The number of carbonyl (C=O) groups excluding carboxylic acids is 3. The van der Waals surface area contributed by atoms with E-state index in [1.54, 1.807) is 58.2 Å². The Bertz CT molecular complexity index is 1090. The maximum Gasteiger partial charge on any atom is 0.408 e. The van der Waals surface area contributed by atoms with Crippen LogP contribution in [0.15, 0.2) is 61.2 Å². The summed E-state index contributed by atoms with van der Waals surface area (Å²) in [5.74, 6) is -0.0450. The molecule has 8 nitrogen and oxygen atoms in total.